The van der Waals surface area contributed by atoms with Crippen molar-refractivity contribution in [2.75, 3.05) is 13.2 Å². The highest BCUT2D eigenvalue weighted by atomic mass is 19.2. The third-order valence-electron chi connectivity index (χ3n) is 1.92. The largest absolute Gasteiger partial charge is 0.378 e. The second kappa shape index (κ2) is 8.42. The highest BCUT2D eigenvalue weighted by Gasteiger charge is 2.14. The van der Waals surface area contributed by atoms with E-state index in [0.29, 0.717) is 6.61 Å². The van der Waals surface area contributed by atoms with Crippen molar-refractivity contribution >= 4 is 0 Å². The molecule has 0 amide bonds. The van der Waals surface area contributed by atoms with E-state index in [1.165, 1.54) is 19.8 Å². The molecular formula is C10H20F2O. The first-order valence-electron chi connectivity index (χ1n) is 5.04. The predicted octanol–water partition coefficient (Wildman–Crippen LogP) is 3.28. The molecular weight excluding hydrogens is 174 g/mol. The van der Waals surface area contributed by atoms with Crippen molar-refractivity contribution in [1.29, 1.82) is 0 Å². The fourth-order valence-corrected chi connectivity index (χ4v) is 0.959. The minimum absolute atomic E-state index is 0.107. The van der Waals surface area contributed by atoms with E-state index in [1.54, 1.807) is 0 Å². The number of halogens is 2. The van der Waals surface area contributed by atoms with Crippen molar-refractivity contribution in [3.05, 3.63) is 0 Å². The normalized spacial score (nSPS) is 15.7. The number of unbranched alkanes of at least 4 members (excludes halogenated alkanes) is 3. The molecule has 80 valence electrons. The van der Waals surface area contributed by atoms with Gasteiger partial charge in [0.15, 0.2) is 6.17 Å². The summed E-state index contributed by atoms with van der Waals surface area (Å²) in [6.45, 7) is 3.78. The van der Waals surface area contributed by atoms with Crippen LogP contribution < -0.4 is 0 Å². The second-order valence-electron chi connectivity index (χ2n) is 3.33. The number of hydrogen-bond donors (Lipinski definition) is 0. The minimum atomic E-state index is -1.47. The maximum Gasteiger partial charge on any atom is 0.154 e. The molecule has 3 heteroatoms. The number of rotatable bonds is 8. The van der Waals surface area contributed by atoms with Crippen LogP contribution in [0, 0.1) is 0 Å². The molecule has 0 aliphatic carbocycles. The Hall–Kier alpha value is -0.180. The zero-order chi connectivity index (χ0) is 10.1. The molecule has 0 saturated carbocycles. The zero-order valence-corrected chi connectivity index (χ0v) is 8.56. The first kappa shape index (κ1) is 12.8. The summed E-state index contributed by atoms with van der Waals surface area (Å²) < 4.78 is 29.9. The van der Waals surface area contributed by atoms with Crippen LogP contribution >= 0.6 is 0 Å². The summed E-state index contributed by atoms with van der Waals surface area (Å²) in [6.07, 6.45) is 1.52. The second-order valence-corrected chi connectivity index (χ2v) is 3.33. The lowest BCUT2D eigenvalue weighted by atomic mass is 10.2. The standard InChI is InChI=1S/C10H20F2O/c1-3-4-5-6-7-13-8-10(12)9(2)11/h9-10H,3-8H2,1-2H3. The van der Waals surface area contributed by atoms with E-state index >= 15 is 0 Å². The smallest absolute Gasteiger partial charge is 0.154 e. The SMILES string of the molecule is CCCCCCOCC(F)C(C)F. The molecule has 0 spiro atoms. The molecule has 2 unspecified atom stereocenters. The van der Waals surface area contributed by atoms with E-state index in [1.807, 2.05) is 0 Å². The van der Waals surface area contributed by atoms with E-state index in [2.05, 4.69) is 6.92 Å². The van der Waals surface area contributed by atoms with Gasteiger partial charge in [0.25, 0.3) is 0 Å². The fourth-order valence-electron chi connectivity index (χ4n) is 0.959. The molecule has 0 aromatic rings. The van der Waals surface area contributed by atoms with Crippen molar-refractivity contribution in [3.8, 4) is 0 Å². The Labute approximate surface area is 79.5 Å². The molecule has 0 heterocycles. The molecule has 0 bridgehead atoms. The van der Waals surface area contributed by atoms with Crippen molar-refractivity contribution in [2.24, 2.45) is 0 Å². The lowest BCUT2D eigenvalue weighted by Gasteiger charge is -2.09. The van der Waals surface area contributed by atoms with Gasteiger partial charge in [0.1, 0.15) is 6.17 Å². The fraction of sp³-hybridized carbons (Fsp3) is 1.00. The van der Waals surface area contributed by atoms with Gasteiger partial charge in [-0.05, 0) is 13.3 Å². The van der Waals surface area contributed by atoms with Gasteiger partial charge in [0.2, 0.25) is 0 Å². The van der Waals surface area contributed by atoms with E-state index in [-0.39, 0.29) is 6.61 Å². The summed E-state index contributed by atoms with van der Waals surface area (Å²) in [6, 6.07) is 0. The Balaban J connectivity index is 3.07. The molecule has 0 N–H and O–H groups in total. The van der Waals surface area contributed by atoms with E-state index in [4.69, 9.17) is 4.74 Å². The first-order chi connectivity index (χ1) is 6.18. The maximum atomic E-state index is 12.6. The molecule has 0 fully saturated rings. The number of ether oxygens (including phenoxy) is 1. The van der Waals surface area contributed by atoms with Crippen LogP contribution in [0.1, 0.15) is 39.5 Å². The predicted molar refractivity (Wildman–Crippen MR) is 50.4 cm³/mol. The summed E-state index contributed by atoms with van der Waals surface area (Å²) in [5.74, 6) is 0. The summed E-state index contributed by atoms with van der Waals surface area (Å²) in [4.78, 5) is 0. The quantitative estimate of drug-likeness (QED) is 0.539. The van der Waals surface area contributed by atoms with Crippen molar-refractivity contribution in [3.63, 3.8) is 0 Å². The van der Waals surface area contributed by atoms with Gasteiger partial charge in [-0.25, -0.2) is 8.78 Å². The zero-order valence-electron chi connectivity index (χ0n) is 8.56. The van der Waals surface area contributed by atoms with Gasteiger partial charge in [-0.3, -0.25) is 0 Å². The Bertz CT molecular complexity index is 107. The lowest BCUT2D eigenvalue weighted by molar-refractivity contribution is 0.0451. The molecule has 0 radical (unpaired) electrons. The van der Waals surface area contributed by atoms with Gasteiger partial charge in [0.05, 0.1) is 6.61 Å². The van der Waals surface area contributed by atoms with E-state index in [9.17, 15) is 8.78 Å². The summed E-state index contributed by atoms with van der Waals surface area (Å²) >= 11 is 0. The van der Waals surface area contributed by atoms with E-state index < -0.39 is 12.3 Å². The molecule has 0 rings (SSSR count). The molecule has 13 heavy (non-hydrogen) atoms. The highest BCUT2D eigenvalue weighted by Crippen LogP contribution is 2.04. The third-order valence-corrected chi connectivity index (χ3v) is 1.92. The van der Waals surface area contributed by atoms with Crippen LogP contribution in [0.25, 0.3) is 0 Å². The van der Waals surface area contributed by atoms with Crippen molar-refractivity contribution < 1.29 is 13.5 Å². The summed E-state index contributed by atoms with van der Waals surface area (Å²) in [5, 5.41) is 0. The summed E-state index contributed by atoms with van der Waals surface area (Å²) in [5.41, 5.74) is 0. The van der Waals surface area contributed by atoms with Gasteiger partial charge in [-0.15, -0.1) is 0 Å². The molecule has 2 atom stereocenters. The van der Waals surface area contributed by atoms with Crippen LogP contribution in [0.4, 0.5) is 8.78 Å². The minimum Gasteiger partial charge on any atom is -0.378 e. The van der Waals surface area contributed by atoms with Gasteiger partial charge >= 0.3 is 0 Å². The molecule has 1 nitrogen and oxygen atoms in total. The van der Waals surface area contributed by atoms with Crippen LogP contribution in [0.3, 0.4) is 0 Å². The van der Waals surface area contributed by atoms with Gasteiger partial charge < -0.3 is 4.74 Å². The number of hydrogen-bond acceptors (Lipinski definition) is 1. The topological polar surface area (TPSA) is 9.23 Å². The van der Waals surface area contributed by atoms with Crippen LogP contribution in [0.5, 0.6) is 0 Å². The van der Waals surface area contributed by atoms with Gasteiger partial charge in [-0.2, -0.15) is 0 Å². The maximum absolute atomic E-state index is 12.6. The molecule has 0 aromatic carbocycles. The van der Waals surface area contributed by atoms with Crippen molar-refractivity contribution in [1.82, 2.24) is 0 Å². The molecule has 0 aromatic heterocycles. The summed E-state index contributed by atoms with van der Waals surface area (Å²) in [7, 11) is 0. The number of alkyl halides is 2. The Morgan fingerprint density at radius 2 is 1.85 bits per heavy atom. The van der Waals surface area contributed by atoms with E-state index in [0.717, 1.165) is 12.8 Å². The van der Waals surface area contributed by atoms with Crippen molar-refractivity contribution in [2.45, 2.75) is 51.9 Å². The van der Waals surface area contributed by atoms with Gasteiger partial charge in [0, 0.05) is 6.61 Å². The Morgan fingerprint density at radius 3 is 2.38 bits per heavy atom. The van der Waals surface area contributed by atoms with Crippen LogP contribution in [-0.2, 0) is 4.74 Å². The average molecular weight is 194 g/mol. The van der Waals surface area contributed by atoms with Gasteiger partial charge in [-0.1, -0.05) is 26.2 Å². The van der Waals surface area contributed by atoms with Crippen LogP contribution in [0.15, 0.2) is 0 Å². The first-order valence-corrected chi connectivity index (χ1v) is 5.04. The Kier molecular flexibility index (Phi) is 8.30. The molecule has 0 aliphatic heterocycles. The lowest BCUT2D eigenvalue weighted by Crippen LogP contribution is -2.20. The molecule has 0 aliphatic rings. The average Bonchev–Trinajstić information content (AvgIpc) is 2.10. The monoisotopic (exact) mass is 194 g/mol. The molecule has 0 saturated heterocycles. The highest BCUT2D eigenvalue weighted by molar-refractivity contribution is 4.61. The third kappa shape index (κ3) is 8.16. The van der Waals surface area contributed by atoms with Crippen LogP contribution in [0.2, 0.25) is 0 Å². The Morgan fingerprint density at radius 1 is 1.15 bits per heavy atom. The van der Waals surface area contributed by atoms with Crippen LogP contribution in [-0.4, -0.2) is 25.6 Å².